The molecule has 2 heterocycles. The molecule has 0 bridgehead atoms. The summed E-state index contributed by atoms with van der Waals surface area (Å²) in [7, 11) is 0. The summed E-state index contributed by atoms with van der Waals surface area (Å²) in [4.78, 5) is 12.3. The second kappa shape index (κ2) is 11.4. The number of nitrogens with two attached hydrogens (primary N) is 1. The fourth-order valence-electron chi connectivity index (χ4n) is 2.48. The standard InChI is InChI=1S/C20H19N9OS3/c21-29-17(24-22-11-14-7-3-1-4-8-14)25-27-19(29)31-13-16(30)23-18-26-28-20(33-18)32-12-15-9-5-2-6-10-15/h1-11H,12-13,21H2,(H,24,25)(H,23,26,30)/b22-11+. The highest BCUT2D eigenvalue weighted by Crippen LogP contribution is 2.28. The van der Waals surface area contributed by atoms with Crippen LogP contribution in [0.4, 0.5) is 11.1 Å². The number of hydrogen-bond acceptors (Lipinski definition) is 11. The van der Waals surface area contributed by atoms with Crippen molar-refractivity contribution < 1.29 is 4.79 Å². The largest absolute Gasteiger partial charge is 0.334 e. The number of aromatic nitrogens is 5. The normalized spacial score (nSPS) is 11.0. The van der Waals surface area contributed by atoms with Gasteiger partial charge in [-0.3, -0.25) is 10.1 Å². The Morgan fingerprint density at radius 3 is 2.58 bits per heavy atom. The van der Waals surface area contributed by atoms with Crippen LogP contribution in [-0.2, 0) is 10.5 Å². The molecule has 33 heavy (non-hydrogen) atoms. The number of rotatable bonds is 10. The predicted octanol–water partition coefficient (Wildman–Crippen LogP) is 3.31. The van der Waals surface area contributed by atoms with E-state index in [2.05, 4.69) is 48.4 Å². The molecule has 0 atom stereocenters. The van der Waals surface area contributed by atoms with Crippen molar-refractivity contribution >= 4 is 58.1 Å². The third-order valence-corrected chi connectivity index (χ3v) is 7.02. The quantitative estimate of drug-likeness (QED) is 0.0991. The number of thioether (sulfide) groups is 2. The van der Waals surface area contributed by atoms with Gasteiger partial charge in [0.1, 0.15) is 0 Å². The Balaban J connectivity index is 1.23. The van der Waals surface area contributed by atoms with Crippen LogP contribution >= 0.6 is 34.9 Å². The summed E-state index contributed by atoms with van der Waals surface area (Å²) >= 11 is 4.06. The Labute approximate surface area is 202 Å². The monoisotopic (exact) mass is 497 g/mol. The minimum absolute atomic E-state index is 0.0920. The molecule has 10 nitrogen and oxygen atoms in total. The van der Waals surface area contributed by atoms with Crippen molar-refractivity contribution in [3.05, 3.63) is 71.8 Å². The lowest BCUT2D eigenvalue weighted by atomic mass is 10.2. The van der Waals surface area contributed by atoms with Crippen LogP contribution in [0.5, 0.6) is 0 Å². The maximum Gasteiger partial charge on any atom is 0.264 e. The Kier molecular flexibility index (Phi) is 7.90. The summed E-state index contributed by atoms with van der Waals surface area (Å²) in [6.45, 7) is 0. The van der Waals surface area contributed by atoms with E-state index in [4.69, 9.17) is 5.84 Å². The summed E-state index contributed by atoms with van der Waals surface area (Å²) in [5, 5.41) is 23.7. The van der Waals surface area contributed by atoms with Crippen LogP contribution in [0, 0.1) is 0 Å². The van der Waals surface area contributed by atoms with Crippen LogP contribution in [0.25, 0.3) is 0 Å². The zero-order chi connectivity index (χ0) is 22.9. The first-order valence-corrected chi connectivity index (χ1v) is 12.4. The van der Waals surface area contributed by atoms with Gasteiger partial charge in [-0.25, -0.2) is 10.1 Å². The minimum atomic E-state index is -0.240. The van der Waals surface area contributed by atoms with Crippen LogP contribution in [0.2, 0.25) is 0 Å². The van der Waals surface area contributed by atoms with Crippen molar-refractivity contribution in [3.63, 3.8) is 0 Å². The molecule has 4 N–H and O–H groups in total. The Hall–Kier alpha value is -3.42. The zero-order valence-corrected chi connectivity index (χ0v) is 19.6. The number of nitrogens with one attached hydrogen (secondary N) is 2. The molecule has 0 aliphatic rings. The molecule has 0 saturated carbocycles. The van der Waals surface area contributed by atoms with Crippen molar-refractivity contribution in [3.8, 4) is 0 Å². The van der Waals surface area contributed by atoms with Crippen molar-refractivity contribution in [1.82, 2.24) is 25.1 Å². The van der Waals surface area contributed by atoms with Crippen molar-refractivity contribution in [2.24, 2.45) is 5.10 Å². The van der Waals surface area contributed by atoms with Crippen molar-refractivity contribution in [2.75, 3.05) is 22.3 Å². The van der Waals surface area contributed by atoms with Gasteiger partial charge in [0.15, 0.2) is 4.34 Å². The van der Waals surface area contributed by atoms with E-state index in [9.17, 15) is 4.79 Å². The molecule has 4 rings (SSSR count). The molecule has 4 aromatic rings. The van der Waals surface area contributed by atoms with E-state index in [0.717, 1.165) is 27.4 Å². The minimum Gasteiger partial charge on any atom is -0.334 e. The van der Waals surface area contributed by atoms with Crippen LogP contribution in [0.3, 0.4) is 0 Å². The van der Waals surface area contributed by atoms with Crippen LogP contribution < -0.4 is 16.6 Å². The molecule has 1 amide bonds. The first kappa shape index (κ1) is 22.8. The van der Waals surface area contributed by atoms with Gasteiger partial charge in [0.05, 0.1) is 12.0 Å². The van der Waals surface area contributed by atoms with Gasteiger partial charge in [-0.15, -0.1) is 20.4 Å². The number of carbonyl (C=O) groups is 1. The highest BCUT2D eigenvalue weighted by Gasteiger charge is 2.14. The molecule has 2 aromatic heterocycles. The molecule has 2 aromatic carbocycles. The van der Waals surface area contributed by atoms with E-state index in [-0.39, 0.29) is 17.6 Å². The van der Waals surface area contributed by atoms with Crippen LogP contribution in [0.1, 0.15) is 11.1 Å². The summed E-state index contributed by atoms with van der Waals surface area (Å²) < 4.78 is 2.03. The third kappa shape index (κ3) is 6.78. The summed E-state index contributed by atoms with van der Waals surface area (Å²) in [5.41, 5.74) is 4.86. The number of hydrogen-bond donors (Lipinski definition) is 3. The van der Waals surface area contributed by atoms with Crippen molar-refractivity contribution in [1.29, 1.82) is 0 Å². The van der Waals surface area contributed by atoms with Crippen molar-refractivity contribution in [2.45, 2.75) is 15.2 Å². The number of amides is 1. The fraction of sp³-hybridized carbons (Fsp3) is 0.100. The van der Waals surface area contributed by atoms with E-state index in [0.29, 0.717) is 10.3 Å². The van der Waals surface area contributed by atoms with Gasteiger partial charge < -0.3 is 5.84 Å². The molecular formula is C20H19N9OS3. The van der Waals surface area contributed by atoms with Gasteiger partial charge in [-0.1, -0.05) is 95.5 Å². The molecule has 0 saturated heterocycles. The van der Waals surface area contributed by atoms with E-state index >= 15 is 0 Å². The topological polar surface area (TPSA) is 136 Å². The molecule has 0 fully saturated rings. The van der Waals surface area contributed by atoms with E-state index in [1.165, 1.54) is 21.6 Å². The van der Waals surface area contributed by atoms with Gasteiger partial charge >= 0.3 is 0 Å². The van der Waals surface area contributed by atoms with Gasteiger partial charge in [0.25, 0.3) is 5.95 Å². The van der Waals surface area contributed by atoms with Crippen LogP contribution in [0.15, 0.2) is 75.3 Å². The number of benzene rings is 2. The van der Waals surface area contributed by atoms with E-state index < -0.39 is 0 Å². The lowest BCUT2D eigenvalue weighted by Crippen LogP contribution is -2.16. The maximum absolute atomic E-state index is 12.3. The molecule has 0 radical (unpaired) electrons. The first-order valence-electron chi connectivity index (χ1n) is 9.65. The number of carbonyl (C=O) groups excluding carboxylic acids is 1. The Bertz CT molecular complexity index is 1210. The second-order valence-corrected chi connectivity index (χ2v) is 9.58. The number of nitrogen functional groups attached to an aromatic ring is 1. The summed E-state index contributed by atoms with van der Waals surface area (Å²) in [6.07, 6.45) is 1.64. The summed E-state index contributed by atoms with van der Waals surface area (Å²) in [6, 6.07) is 19.7. The highest BCUT2D eigenvalue weighted by atomic mass is 32.2. The lowest BCUT2D eigenvalue weighted by Gasteiger charge is -2.03. The first-order chi connectivity index (χ1) is 16.2. The Morgan fingerprint density at radius 1 is 1.03 bits per heavy atom. The second-order valence-electron chi connectivity index (χ2n) is 6.44. The number of anilines is 2. The average molecular weight is 498 g/mol. The predicted molar refractivity (Wildman–Crippen MR) is 133 cm³/mol. The maximum atomic E-state index is 12.3. The number of nitrogens with zero attached hydrogens (tertiary/aromatic N) is 6. The average Bonchev–Trinajstić information content (AvgIpc) is 3.44. The number of hydrazone groups is 1. The smallest absolute Gasteiger partial charge is 0.264 e. The molecular weight excluding hydrogens is 478 g/mol. The molecule has 0 spiro atoms. The molecule has 0 unspecified atom stereocenters. The van der Waals surface area contributed by atoms with Gasteiger partial charge in [-0.05, 0) is 11.1 Å². The summed E-state index contributed by atoms with van der Waals surface area (Å²) in [5.74, 6) is 6.88. The third-order valence-electron chi connectivity index (χ3n) is 4.03. The SMILES string of the molecule is Nn1c(N/N=C/c2ccccc2)nnc1SCC(=O)Nc1nnc(SCc2ccccc2)s1. The fourth-order valence-corrected chi connectivity index (χ4v) is 4.86. The van der Waals surface area contributed by atoms with Crippen LogP contribution in [-0.4, -0.2) is 42.9 Å². The molecule has 13 heteroatoms. The van der Waals surface area contributed by atoms with Gasteiger partial charge in [0.2, 0.25) is 16.2 Å². The van der Waals surface area contributed by atoms with E-state index in [1.54, 1.807) is 18.0 Å². The van der Waals surface area contributed by atoms with Gasteiger partial charge in [-0.2, -0.15) is 5.10 Å². The lowest BCUT2D eigenvalue weighted by molar-refractivity contribution is -0.113. The zero-order valence-electron chi connectivity index (χ0n) is 17.2. The molecule has 0 aliphatic heterocycles. The molecule has 0 aliphatic carbocycles. The highest BCUT2D eigenvalue weighted by molar-refractivity contribution is 8.00. The van der Waals surface area contributed by atoms with Gasteiger partial charge in [0, 0.05) is 5.75 Å². The van der Waals surface area contributed by atoms with E-state index in [1.807, 2.05) is 48.5 Å². The Morgan fingerprint density at radius 2 is 1.79 bits per heavy atom. The molecule has 168 valence electrons.